The summed E-state index contributed by atoms with van der Waals surface area (Å²) in [7, 11) is 0. The van der Waals surface area contributed by atoms with Crippen LogP contribution in [0.15, 0.2) is 24.3 Å². The van der Waals surface area contributed by atoms with Crippen LogP contribution in [0.4, 0.5) is 5.69 Å². The largest absolute Gasteiger partial charge is 0.372 e. The number of fused-ring (bicyclic) bond motifs is 1. The van der Waals surface area contributed by atoms with Gasteiger partial charge in [-0.25, -0.2) is 0 Å². The Kier molecular flexibility index (Phi) is 9.07. The Morgan fingerprint density at radius 3 is 2.37 bits per heavy atom. The first-order chi connectivity index (χ1) is 18.2. The minimum absolute atomic E-state index is 0.0277. The maximum Gasteiger partial charge on any atom is 0.251 e. The summed E-state index contributed by atoms with van der Waals surface area (Å²) >= 11 is 0. The van der Waals surface area contributed by atoms with E-state index in [4.69, 9.17) is 0 Å². The lowest BCUT2D eigenvalue weighted by molar-refractivity contribution is -0.138. The first-order valence-electron chi connectivity index (χ1n) is 14.3. The minimum Gasteiger partial charge on any atom is -0.372 e. The number of Topliss-reactive ketones (excluding diaryl/α,β-unsaturated/α-hetero) is 1. The zero-order chi connectivity index (χ0) is 27.4. The molecule has 38 heavy (non-hydrogen) atoms. The summed E-state index contributed by atoms with van der Waals surface area (Å²) < 4.78 is 0. The molecule has 3 aliphatic rings. The number of likely N-dealkylation sites (tertiary alicyclic amines) is 2. The molecule has 4 atom stereocenters. The van der Waals surface area contributed by atoms with Crippen molar-refractivity contribution in [2.45, 2.75) is 84.0 Å². The van der Waals surface area contributed by atoms with Crippen LogP contribution in [0.25, 0.3) is 0 Å². The van der Waals surface area contributed by atoms with Gasteiger partial charge in [0.05, 0.1) is 18.6 Å². The van der Waals surface area contributed by atoms with E-state index >= 15 is 0 Å². The van der Waals surface area contributed by atoms with E-state index in [0.29, 0.717) is 24.9 Å². The number of ketones is 1. The number of anilines is 1. The standard InChI is InChI=1S/C29H43N5O4/c1-5-32(6-2)21-12-10-20(11-13-21)27(36)31-23(17-19(3)4)29(38)33-16-14-24-26(33)25(35)18-34(24)28(37)22-9-7-8-15-30-22/h10-13,19,22-24,26,30H,5-9,14-18H2,1-4H3,(H,31,36). The monoisotopic (exact) mass is 525 g/mol. The molecule has 9 heteroatoms. The third-order valence-electron chi connectivity index (χ3n) is 8.17. The van der Waals surface area contributed by atoms with Crippen molar-refractivity contribution in [2.75, 3.05) is 37.6 Å². The molecule has 3 aliphatic heterocycles. The van der Waals surface area contributed by atoms with Gasteiger partial charge in [0.15, 0.2) is 5.78 Å². The molecule has 0 bridgehead atoms. The molecule has 208 valence electrons. The zero-order valence-electron chi connectivity index (χ0n) is 23.2. The maximum atomic E-state index is 13.8. The molecule has 1 aromatic rings. The molecule has 4 unspecified atom stereocenters. The molecule has 1 aromatic carbocycles. The van der Waals surface area contributed by atoms with Crippen LogP contribution < -0.4 is 15.5 Å². The first kappa shape index (κ1) is 28.1. The normalized spacial score (nSPS) is 23.9. The summed E-state index contributed by atoms with van der Waals surface area (Å²) in [6.07, 6.45) is 3.88. The van der Waals surface area contributed by atoms with Crippen molar-refractivity contribution in [1.82, 2.24) is 20.4 Å². The molecule has 0 radical (unpaired) electrons. The van der Waals surface area contributed by atoms with Gasteiger partial charge in [-0.3, -0.25) is 19.2 Å². The van der Waals surface area contributed by atoms with Crippen LogP contribution in [0.5, 0.6) is 0 Å². The number of amides is 3. The molecule has 3 saturated heterocycles. The van der Waals surface area contributed by atoms with Gasteiger partial charge in [0.25, 0.3) is 5.91 Å². The fraction of sp³-hybridized carbons (Fsp3) is 0.655. The number of nitrogens with zero attached hydrogens (tertiary/aromatic N) is 3. The van der Waals surface area contributed by atoms with Crippen molar-refractivity contribution < 1.29 is 19.2 Å². The highest BCUT2D eigenvalue weighted by Crippen LogP contribution is 2.32. The van der Waals surface area contributed by atoms with Crippen molar-refractivity contribution in [3.8, 4) is 0 Å². The lowest BCUT2D eigenvalue weighted by Crippen LogP contribution is -2.53. The summed E-state index contributed by atoms with van der Waals surface area (Å²) in [5, 5.41) is 6.24. The molecule has 3 fully saturated rings. The van der Waals surface area contributed by atoms with Crippen LogP contribution in [0, 0.1) is 5.92 Å². The van der Waals surface area contributed by atoms with Gasteiger partial charge >= 0.3 is 0 Å². The molecule has 0 aliphatic carbocycles. The summed E-state index contributed by atoms with van der Waals surface area (Å²) in [6, 6.07) is 5.53. The highest BCUT2D eigenvalue weighted by Gasteiger charge is 2.53. The SMILES string of the molecule is CCN(CC)c1ccc(C(=O)NC(CC(C)C)C(=O)N2CCC3C2C(=O)CN3C(=O)C2CCCCN2)cc1. The average molecular weight is 526 g/mol. The second-order valence-electron chi connectivity index (χ2n) is 11.1. The second-order valence-corrected chi connectivity index (χ2v) is 11.1. The maximum absolute atomic E-state index is 13.8. The Morgan fingerprint density at radius 1 is 1.05 bits per heavy atom. The van der Waals surface area contributed by atoms with Gasteiger partial charge in [-0.2, -0.15) is 0 Å². The number of nitrogens with one attached hydrogen (secondary N) is 2. The van der Waals surface area contributed by atoms with Gasteiger partial charge in [0, 0.05) is 30.9 Å². The van der Waals surface area contributed by atoms with E-state index in [-0.39, 0.29) is 48.1 Å². The Labute approximate surface area is 226 Å². The smallest absolute Gasteiger partial charge is 0.251 e. The highest BCUT2D eigenvalue weighted by atomic mass is 16.2. The predicted molar refractivity (Wildman–Crippen MR) is 147 cm³/mol. The second kappa shape index (κ2) is 12.3. The van der Waals surface area contributed by atoms with Crippen molar-refractivity contribution in [3.63, 3.8) is 0 Å². The van der Waals surface area contributed by atoms with Crippen LogP contribution in [-0.2, 0) is 14.4 Å². The van der Waals surface area contributed by atoms with Gasteiger partial charge in [-0.05, 0) is 76.3 Å². The van der Waals surface area contributed by atoms with Crippen molar-refractivity contribution >= 4 is 29.2 Å². The van der Waals surface area contributed by atoms with E-state index < -0.39 is 12.1 Å². The molecule has 2 N–H and O–H groups in total. The van der Waals surface area contributed by atoms with Crippen LogP contribution in [0.2, 0.25) is 0 Å². The molecule has 3 amide bonds. The topological polar surface area (TPSA) is 102 Å². The number of rotatable bonds is 9. The van der Waals surface area contributed by atoms with E-state index in [1.54, 1.807) is 21.9 Å². The third kappa shape index (κ3) is 5.87. The van der Waals surface area contributed by atoms with Crippen molar-refractivity contribution in [2.24, 2.45) is 5.92 Å². The Morgan fingerprint density at radius 2 is 1.76 bits per heavy atom. The number of piperidine rings is 1. The van der Waals surface area contributed by atoms with E-state index in [1.807, 2.05) is 26.0 Å². The lowest BCUT2D eigenvalue weighted by atomic mass is 10.0. The Bertz CT molecular complexity index is 1020. The van der Waals surface area contributed by atoms with Gasteiger partial charge < -0.3 is 25.3 Å². The fourth-order valence-corrected chi connectivity index (χ4v) is 6.17. The van der Waals surface area contributed by atoms with Crippen molar-refractivity contribution in [3.05, 3.63) is 29.8 Å². The molecule has 0 aromatic heterocycles. The molecule has 3 heterocycles. The van der Waals surface area contributed by atoms with Crippen LogP contribution >= 0.6 is 0 Å². The van der Waals surface area contributed by atoms with Gasteiger partial charge in [0.1, 0.15) is 12.1 Å². The van der Waals surface area contributed by atoms with E-state index in [1.165, 1.54) is 0 Å². The van der Waals surface area contributed by atoms with E-state index in [0.717, 1.165) is 44.6 Å². The minimum atomic E-state index is -0.735. The Balaban J connectivity index is 1.45. The average Bonchev–Trinajstić information content (AvgIpc) is 3.50. The van der Waals surface area contributed by atoms with Gasteiger partial charge in [-0.15, -0.1) is 0 Å². The van der Waals surface area contributed by atoms with Gasteiger partial charge in [-0.1, -0.05) is 20.3 Å². The van der Waals surface area contributed by atoms with Crippen LogP contribution in [-0.4, -0.2) is 90.2 Å². The summed E-state index contributed by atoms with van der Waals surface area (Å²) in [6.45, 7) is 11.2. The van der Waals surface area contributed by atoms with E-state index in [2.05, 4.69) is 29.4 Å². The van der Waals surface area contributed by atoms with Crippen LogP contribution in [0.1, 0.15) is 70.2 Å². The molecular weight excluding hydrogens is 482 g/mol. The number of carbonyl (C=O) groups is 4. The highest BCUT2D eigenvalue weighted by molar-refractivity contribution is 6.01. The number of benzene rings is 1. The summed E-state index contributed by atoms with van der Waals surface area (Å²) in [4.78, 5) is 58.7. The number of hydrogen-bond acceptors (Lipinski definition) is 6. The first-order valence-corrected chi connectivity index (χ1v) is 14.3. The van der Waals surface area contributed by atoms with Crippen LogP contribution in [0.3, 0.4) is 0 Å². The zero-order valence-corrected chi connectivity index (χ0v) is 23.2. The van der Waals surface area contributed by atoms with Crippen molar-refractivity contribution in [1.29, 1.82) is 0 Å². The predicted octanol–water partition coefficient (Wildman–Crippen LogP) is 2.20. The van der Waals surface area contributed by atoms with Gasteiger partial charge in [0.2, 0.25) is 11.8 Å². The number of hydrogen-bond donors (Lipinski definition) is 2. The fourth-order valence-electron chi connectivity index (χ4n) is 6.17. The molecule has 0 saturated carbocycles. The lowest BCUT2D eigenvalue weighted by Gasteiger charge is -2.31. The quantitative estimate of drug-likeness (QED) is 0.513. The van der Waals surface area contributed by atoms with E-state index in [9.17, 15) is 19.2 Å². The Hall–Kier alpha value is -2.94. The summed E-state index contributed by atoms with van der Waals surface area (Å²) in [5.41, 5.74) is 1.54. The third-order valence-corrected chi connectivity index (χ3v) is 8.17. The molecule has 4 rings (SSSR count). The molecule has 0 spiro atoms. The molecule has 9 nitrogen and oxygen atoms in total. The summed E-state index contributed by atoms with van der Waals surface area (Å²) in [5.74, 6) is -0.490. The number of carbonyl (C=O) groups excluding carboxylic acids is 4. The molecular formula is C29H43N5O4.